The zero-order valence-corrected chi connectivity index (χ0v) is 18.7. The molecule has 0 aliphatic heterocycles. The average Bonchev–Trinajstić information content (AvgIpc) is 3.35. The van der Waals surface area contributed by atoms with Gasteiger partial charge in [-0.15, -0.1) is 0 Å². The Kier molecular flexibility index (Phi) is 9.23. The molecule has 3 nitrogen and oxygen atoms in total. The molecule has 0 bridgehead atoms. The van der Waals surface area contributed by atoms with E-state index < -0.39 is 0 Å². The van der Waals surface area contributed by atoms with E-state index in [1.54, 1.807) is 0 Å². The molecule has 4 rings (SSSR count). The Bertz CT molecular complexity index is 763. The third kappa shape index (κ3) is 6.85. The van der Waals surface area contributed by atoms with Crippen molar-refractivity contribution in [2.75, 3.05) is 7.11 Å². The van der Waals surface area contributed by atoms with Crippen molar-refractivity contribution in [2.24, 2.45) is 5.92 Å². The SMILES string of the molecule is COC1CCC(c2ccccc2OCc2ccccc2)CC1.O=C(Cl)C1CCCC1. The fourth-order valence-electron chi connectivity index (χ4n) is 4.45. The van der Waals surface area contributed by atoms with E-state index in [-0.39, 0.29) is 11.2 Å². The predicted molar refractivity (Wildman–Crippen MR) is 122 cm³/mol. The van der Waals surface area contributed by atoms with Gasteiger partial charge >= 0.3 is 0 Å². The molecular formula is C26H33ClO3. The maximum absolute atomic E-state index is 10.4. The molecule has 0 radical (unpaired) electrons. The molecule has 162 valence electrons. The number of ether oxygens (including phenoxy) is 2. The molecule has 2 aliphatic carbocycles. The smallest absolute Gasteiger partial charge is 0.224 e. The standard InChI is InChI=1S/C20H24O2.C6H9ClO/c1-21-18-13-11-17(12-14-18)19-9-5-6-10-20(19)22-15-16-7-3-2-4-8-16;7-6(8)5-3-1-2-4-5/h2-10,17-18H,11-15H2,1H3;5H,1-4H2. The molecule has 4 heteroatoms. The monoisotopic (exact) mass is 428 g/mol. The second kappa shape index (κ2) is 12.1. The van der Waals surface area contributed by atoms with Gasteiger partial charge in [0.15, 0.2) is 0 Å². The van der Waals surface area contributed by atoms with E-state index in [9.17, 15) is 4.79 Å². The summed E-state index contributed by atoms with van der Waals surface area (Å²) in [4.78, 5) is 10.4. The molecule has 0 aromatic heterocycles. The van der Waals surface area contributed by atoms with Crippen molar-refractivity contribution in [2.45, 2.75) is 70.0 Å². The van der Waals surface area contributed by atoms with Gasteiger partial charge in [0, 0.05) is 13.0 Å². The molecule has 2 aromatic carbocycles. The Morgan fingerprint density at radius 2 is 1.53 bits per heavy atom. The molecule has 0 atom stereocenters. The van der Waals surface area contributed by atoms with Gasteiger partial charge in [0.25, 0.3) is 0 Å². The molecule has 2 saturated carbocycles. The summed E-state index contributed by atoms with van der Waals surface area (Å²) in [6.07, 6.45) is 9.50. The van der Waals surface area contributed by atoms with Gasteiger partial charge in [-0.05, 0) is 73.2 Å². The highest BCUT2D eigenvalue weighted by Gasteiger charge is 2.24. The molecule has 0 saturated heterocycles. The van der Waals surface area contributed by atoms with Crippen LogP contribution in [0.15, 0.2) is 54.6 Å². The number of halogens is 1. The first-order chi connectivity index (χ1) is 14.7. The first-order valence-corrected chi connectivity index (χ1v) is 11.5. The molecule has 0 N–H and O–H groups in total. The number of carbonyl (C=O) groups excluding carboxylic acids is 1. The number of carbonyl (C=O) groups is 1. The number of methoxy groups -OCH3 is 1. The quantitative estimate of drug-likeness (QED) is 0.470. The minimum atomic E-state index is -0.137. The number of hydrogen-bond donors (Lipinski definition) is 0. The topological polar surface area (TPSA) is 35.5 Å². The summed E-state index contributed by atoms with van der Waals surface area (Å²) in [5, 5.41) is -0.137. The van der Waals surface area contributed by atoms with Crippen LogP contribution in [0.4, 0.5) is 0 Å². The van der Waals surface area contributed by atoms with Gasteiger partial charge in [-0.1, -0.05) is 61.4 Å². The van der Waals surface area contributed by atoms with Crippen LogP contribution >= 0.6 is 11.6 Å². The van der Waals surface area contributed by atoms with Crippen LogP contribution in [0.25, 0.3) is 0 Å². The van der Waals surface area contributed by atoms with Gasteiger partial charge in [-0.25, -0.2) is 0 Å². The van der Waals surface area contributed by atoms with Gasteiger partial charge in [-0.2, -0.15) is 0 Å². The highest BCUT2D eigenvalue weighted by Crippen LogP contribution is 2.38. The van der Waals surface area contributed by atoms with Crippen LogP contribution in [0.3, 0.4) is 0 Å². The van der Waals surface area contributed by atoms with E-state index in [1.165, 1.54) is 36.8 Å². The summed E-state index contributed by atoms with van der Waals surface area (Å²) in [7, 11) is 1.82. The largest absolute Gasteiger partial charge is 0.489 e. The van der Waals surface area contributed by atoms with Crippen molar-refractivity contribution in [3.8, 4) is 5.75 Å². The van der Waals surface area contributed by atoms with E-state index in [1.807, 2.05) is 13.2 Å². The number of hydrogen-bond acceptors (Lipinski definition) is 3. The molecule has 0 spiro atoms. The van der Waals surface area contributed by atoms with Gasteiger partial charge in [0.2, 0.25) is 5.24 Å². The molecule has 2 aliphatic rings. The van der Waals surface area contributed by atoms with Crippen LogP contribution in [-0.2, 0) is 16.1 Å². The van der Waals surface area contributed by atoms with Crippen LogP contribution in [0.1, 0.15) is 68.4 Å². The van der Waals surface area contributed by atoms with E-state index in [0.29, 0.717) is 18.6 Å². The summed E-state index contributed by atoms with van der Waals surface area (Å²) >= 11 is 5.25. The van der Waals surface area contributed by atoms with Crippen LogP contribution in [0.2, 0.25) is 0 Å². The summed E-state index contributed by atoms with van der Waals surface area (Å²) in [6, 6.07) is 18.8. The van der Waals surface area contributed by atoms with E-state index in [4.69, 9.17) is 21.1 Å². The Morgan fingerprint density at radius 1 is 0.900 bits per heavy atom. The Balaban J connectivity index is 0.000000269. The lowest BCUT2D eigenvalue weighted by molar-refractivity contribution is -0.114. The second-order valence-corrected chi connectivity index (χ2v) is 8.68. The molecule has 2 fully saturated rings. The molecular weight excluding hydrogens is 396 g/mol. The van der Waals surface area contributed by atoms with Crippen molar-refractivity contribution in [3.05, 3.63) is 65.7 Å². The van der Waals surface area contributed by atoms with Crippen molar-refractivity contribution >= 4 is 16.8 Å². The maximum atomic E-state index is 10.4. The average molecular weight is 429 g/mol. The van der Waals surface area contributed by atoms with Gasteiger partial charge in [0.1, 0.15) is 12.4 Å². The summed E-state index contributed by atoms with van der Waals surface area (Å²) < 4.78 is 11.6. The fraction of sp³-hybridized carbons (Fsp3) is 0.500. The number of rotatable bonds is 6. The molecule has 30 heavy (non-hydrogen) atoms. The summed E-state index contributed by atoms with van der Waals surface area (Å²) in [5.41, 5.74) is 2.56. The highest BCUT2D eigenvalue weighted by atomic mass is 35.5. The second-order valence-electron chi connectivity index (χ2n) is 8.31. The van der Waals surface area contributed by atoms with E-state index >= 15 is 0 Å². The zero-order chi connectivity index (χ0) is 21.2. The number of para-hydroxylation sites is 1. The molecule has 2 aromatic rings. The first-order valence-electron chi connectivity index (χ1n) is 11.1. The third-order valence-corrected chi connectivity index (χ3v) is 6.59. The first kappa shape index (κ1) is 22.8. The van der Waals surface area contributed by atoms with Crippen LogP contribution in [0.5, 0.6) is 5.75 Å². The fourth-order valence-corrected chi connectivity index (χ4v) is 4.67. The lowest BCUT2D eigenvalue weighted by atomic mass is 9.82. The van der Waals surface area contributed by atoms with Gasteiger partial charge in [-0.3, -0.25) is 4.79 Å². The molecule has 0 amide bonds. The van der Waals surface area contributed by atoms with Crippen molar-refractivity contribution < 1.29 is 14.3 Å². The van der Waals surface area contributed by atoms with Crippen LogP contribution < -0.4 is 4.74 Å². The van der Waals surface area contributed by atoms with Gasteiger partial charge < -0.3 is 9.47 Å². The summed E-state index contributed by atoms with van der Waals surface area (Å²) in [6.45, 7) is 0.630. The van der Waals surface area contributed by atoms with E-state index in [0.717, 1.165) is 31.4 Å². The van der Waals surface area contributed by atoms with Crippen molar-refractivity contribution in [1.82, 2.24) is 0 Å². The lowest BCUT2D eigenvalue weighted by Crippen LogP contribution is -2.19. The Labute approximate surface area is 185 Å². The predicted octanol–water partition coefficient (Wildman–Crippen LogP) is 6.88. The normalized spacial score (nSPS) is 21.5. The Morgan fingerprint density at radius 3 is 2.13 bits per heavy atom. The Hall–Kier alpha value is -1.84. The maximum Gasteiger partial charge on any atom is 0.224 e. The number of benzene rings is 2. The van der Waals surface area contributed by atoms with Crippen molar-refractivity contribution in [1.29, 1.82) is 0 Å². The van der Waals surface area contributed by atoms with Crippen molar-refractivity contribution in [3.63, 3.8) is 0 Å². The highest BCUT2D eigenvalue weighted by molar-refractivity contribution is 6.64. The minimum absolute atomic E-state index is 0.137. The van der Waals surface area contributed by atoms with Crippen LogP contribution in [0, 0.1) is 5.92 Å². The van der Waals surface area contributed by atoms with Gasteiger partial charge in [0.05, 0.1) is 6.10 Å². The lowest BCUT2D eigenvalue weighted by Gasteiger charge is -2.29. The van der Waals surface area contributed by atoms with Crippen LogP contribution in [-0.4, -0.2) is 18.5 Å². The molecule has 0 unspecified atom stereocenters. The summed E-state index contributed by atoms with van der Waals surface area (Å²) in [5.74, 6) is 1.82. The third-order valence-electron chi connectivity index (χ3n) is 6.28. The molecule has 0 heterocycles. The van der Waals surface area contributed by atoms with E-state index in [2.05, 4.69) is 48.5 Å². The minimum Gasteiger partial charge on any atom is -0.489 e. The zero-order valence-electron chi connectivity index (χ0n) is 17.9.